The summed E-state index contributed by atoms with van der Waals surface area (Å²) < 4.78 is 5.50. The molecule has 2 atom stereocenters. The van der Waals surface area contributed by atoms with Crippen LogP contribution in [-0.2, 0) is 14.3 Å². The van der Waals surface area contributed by atoms with Gasteiger partial charge in [0.15, 0.2) is 0 Å². The summed E-state index contributed by atoms with van der Waals surface area (Å²) in [7, 11) is 0. The smallest absolute Gasteiger partial charge is 0.251 e. The van der Waals surface area contributed by atoms with Gasteiger partial charge >= 0.3 is 0 Å². The van der Waals surface area contributed by atoms with Crippen LogP contribution in [0.15, 0.2) is 0 Å². The fourth-order valence-electron chi connectivity index (χ4n) is 4.20. The third-order valence-corrected chi connectivity index (χ3v) is 6.12. The van der Waals surface area contributed by atoms with Crippen LogP contribution in [0.5, 0.6) is 0 Å². The van der Waals surface area contributed by atoms with Gasteiger partial charge in [0.25, 0.3) is 5.91 Å². The Balaban J connectivity index is 1.42. The Morgan fingerprint density at radius 1 is 1.04 bits per heavy atom. The van der Waals surface area contributed by atoms with Crippen molar-refractivity contribution in [2.75, 3.05) is 32.8 Å². The summed E-state index contributed by atoms with van der Waals surface area (Å²) in [4.78, 5) is 29.1. The highest BCUT2D eigenvalue weighted by molar-refractivity contribution is 5.82. The molecule has 2 aliphatic heterocycles. The van der Waals surface area contributed by atoms with Crippen molar-refractivity contribution >= 4 is 11.8 Å². The van der Waals surface area contributed by atoms with Crippen LogP contribution in [0.4, 0.5) is 0 Å². The van der Waals surface area contributed by atoms with E-state index in [1.165, 1.54) is 12.8 Å². The monoisotopic (exact) mass is 351 g/mol. The highest BCUT2D eigenvalue weighted by Gasteiger charge is 2.33. The molecule has 0 bridgehead atoms. The Morgan fingerprint density at radius 2 is 1.72 bits per heavy atom. The van der Waals surface area contributed by atoms with E-state index in [0.29, 0.717) is 25.7 Å². The van der Waals surface area contributed by atoms with E-state index in [-0.39, 0.29) is 24.0 Å². The summed E-state index contributed by atoms with van der Waals surface area (Å²) >= 11 is 0. The lowest BCUT2D eigenvalue weighted by molar-refractivity contribution is -0.143. The van der Waals surface area contributed by atoms with E-state index in [2.05, 4.69) is 17.1 Å². The minimum Gasteiger partial charge on any atom is -0.368 e. The molecule has 0 aromatic carbocycles. The molecular weight excluding hydrogens is 318 g/mol. The second-order valence-corrected chi connectivity index (χ2v) is 8.00. The van der Waals surface area contributed by atoms with Gasteiger partial charge in [-0.25, -0.2) is 0 Å². The number of ether oxygens (including phenoxy) is 1. The van der Waals surface area contributed by atoms with E-state index < -0.39 is 0 Å². The first-order valence-electron chi connectivity index (χ1n) is 9.99. The molecule has 6 nitrogen and oxygen atoms in total. The molecule has 0 radical (unpaired) electrons. The largest absolute Gasteiger partial charge is 0.368 e. The van der Waals surface area contributed by atoms with Crippen molar-refractivity contribution in [3.63, 3.8) is 0 Å². The number of rotatable bonds is 4. The van der Waals surface area contributed by atoms with Gasteiger partial charge < -0.3 is 15.0 Å². The molecule has 3 aliphatic rings. The summed E-state index contributed by atoms with van der Waals surface area (Å²) in [6.07, 6.45) is 6.21. The summed E-state index contributed by atoms with van der Waals surface area (Å²) in [5, 5.41) is 3.23. The first kappa shape index (κ1) is 18.6. The predicted octanol–water partition coefficient (Wildman–Crippen LogP) is 1.39. The van der Waals surface area contributed by atoms with Gasteiger partial charge in [-0.1, -0.05) is 6.92 Å². The summed E-state index contributed by atoms with van der Waals surface area (Å²) in [6, 6.07) is 0.216. The Bertz CT molecular complexity index is 463. The van der Waals surface area contributed by atoms with Crippen molar-refractivity contribution in [2.45, 2.75) is 70.6 Å². The number of hydrogen-bond donors (Lipinski definition) is 1. The molecule has 2 saturated heterocycles. The fourth-order valence-corrected chi connectivity index (χ4v) is 4.20. The van der Waals surface area contributed by atoms with Gasteiger partial charge in [-0.2, -0.15) is 0 Å². The molecule has 1 saturated carbocycles. The van der Waals surface area contributed by atoms with Gasteiger partial charge in [0.05, 0.1) is 6.04 Å². The minimum atomic E-state index is -0.235. The highest BCUT2D eigenvalue weighted by atomic mass is 16.5. The third kappa shape index (κ3) is 4.73. The van der Waals surface area contributed by atoms with Crippen LogP contribution in [0.2, 0.25) is 0 Å². The molecule has 0 aromatic heterocycles. The van der Waals surface area contributed by atoms with Gasteiger partial charge in [-0.15, -0.1) is 0 Å². The molecule has 2 heterocycles. The van der Waals surface area contributed by atoms with Crippen LogP contribution in [0, 0.1) is 5.92 Å². The Morgan fingerprint density at radius 3 is 2.32 bits per heavy atom. The van der Waals surface area contributed by atoms with Crippen LogP contribution in [-0.4, -0.2) is 72.6 Å². The SMILES string of the molecule is CC1CCC(NC(=O)[C@H](C)N2CCN(C(=O)[C@H]3CCCO3)CC2)CC1. The second kappa shape index (κ2) is 8.49. The zero-order chi connectivity index (χ0) is 17.8. The minimum absolute atomic E-state index is 0.126. The molecule has 142 valence electrons. The summed E-state index contributed by atoms with van der Waals surface area (Å²) in [6.45, 7) is 7.88. The van der Waals surface area contributed by atoms with Crippen LogP contribution >= 0.6 is 0 Å². The quantitative estimate of drug-likeness (QED) is 0.831. The normalized spacial score (nSPS) is 32.4. The average Bonchev–Trinajstić information content (AvgIpc) is 3.17. The number of nitrogens with one attached hydrogen (secondary N) is 1. The topological polar surface area (TPSA) is 61.9 Å². The fraction of sp³-hybridized carbons (Fsp3) is 0.895. The van der Waals surface area contributed by atoms with Crippen molar-refractivity contribution < 1.29 is 14.3 Å². The van der Waals surface area contributed by atoms with E-state index >= 15 is 0 Å². The number of carbonyl (C=O) groups is 2. The molecular formula is C19H33N3O3. The van der Waals surface area contributed by atoms with Crippen LogP contribution in [0.1, 0.15) is 52.4 Å². The maximum atomic E-state index is 12.6. The molecule has 0 aromatic rings. The third-order valence-electron chi connectivity index (χ3n) is 6.12. The first-order chi connectivity index (χ1) is 12.0. The van der Waals surface area contributed by atoms with Gasteiger partial charge in [-0.05, 0) is 51.4 Å². The van der Waals surface area contributed by atoms with E-state index in [1.807, 2.05) is 11.8 Å². The van der Waals surface area contributed by atoms with Gasteiger partial charge in [0, 0.05) is 38.8 Å². The number of piperazine rings is 1. The maximum absolute atomic E-state index is 12.6. The van der Waals surface area contributed by atoms with E-state index in [1.54, 1.807) is 0 Å². The first-order valence-corrected chi connectivity index (χ1v) is 9.99. The van der Waals surface area contributed by atoms with Crippen molar-refractivity contribution in [1.29, 1.82) is 0 Å². The van der Waals surface area contributed by atoms with Crippen LogP contribution < -0.4 is 5.32 Å². The second-order valence-electron chi connectivity index (χ2n) is 8.00. The Kier molecular flexibility index (Phi) is 6.34. The zero-order valence-corrected chi connectivity index (χ0v) is 15.7. The number of hydrogen-bond acceptors (Lipinski definition) is 4. The van der Waals surface area contributed by atoms with Gasteiger partial charge in [0.2, 0.25) is 5.91 Å². The number of carbonyl (C=O) groups excluding carboxylic acids is 2. The molecule has 2 amide bonds. The standard InChI is InChI=1S/C19H33N3O3/c1-14-5-7-16(8-6-14)20-18(23)15(2)21-9-11-22(12-10-21)19(24)17-4-3-13-25-17/h14-17H,3-13H2,1-2H3,(H,20,23)/t14?,15-,16?,17+/m0/s1. The van der Waals surface area contributed by atoms with Crippen molar-refractivity contribution in [3.05, 3.63) is 0 Å². The van der Waals surface area contributed by atoms with Gasteiger partial charge in [-0.3, -0.25) is 14.5 Å². The predicted molar refractivity (Wildman–Crippen MR) is 96.2 cm³/mol. The average molecular weight is 351 g/mol. The molecule has 1 aliphatic carbocycles. The lowest BCUT2D eigenvalue weighted by Crippen LogP contribution is -2.57. The lowest BCUT2D eigenvalue weighted by Gasteiger charge is -2.38. The summed E-state index contributed by atoms with van der Waals surface area (Å²) in [5.41, 5.74) is 0. The Hall–Kier alpha value is -1.14. The van der Waals surface area contributed by atoms with Crippen molar-refractivity contribution in [1.82, 2.24) is 15.1 Å². The molecule has 6 heteroatoms. The lowest BCUT2D eigenvalue weighted by atomic mass is 9.87. The van der Waals surface area contributed by atoms with E-state index in [0.717, 1.165) is 44.7 Å². The molecule has 3 rings (SSSR count). The number of nitrogens with zero attached hydrogens (tertiary/aromatic N) is 2. The molecule has 0 spiro atoms. The van der Waals surface area contributed by atoms with Gasteiger partial charge in [0.1, 0.15) is 6.10 Å². The molecule has 0 unspecified atom stereocenters. The van der Waals surface area contributed by atoms with E-state index in [9.17, 15) is 9.59 Å². The van der Waals surface area contributed by atoms with Crippen molar-refractivity contribution in [2.24, 2.45) is 5.92 Å². The molecule has 3 fully saturated rings. The van der Waals surface area contributed by atoms with Crippen LogP contribution in [0.25, 0.3) is 0 Å². The molecule has 25 heavy (non-hydrogen) atoms. The Labute approximate surface area is 151 Å². The maximum Gasteiger partial charge on any atom is 0.251 e. The zero-order valence-electron chi connectivity index (χ0n) is 15.7. The van der Waals surface area contributed by atoms with Crippen molar-refractivity contribution in [3.8, 4) is 0 Å². The number of amides is 2. The molecule has 1 N–H and O–H groups in total. The summed E-state index contributed by atoms with van der Waals surface area (Å²) in [5.74, 6) is 1.06. The van der Waals surface area contributed by atoms with Crippen LogP contribution in [0.3, 0.4) is 0 Å². The highest BCUT2D eigenvalue weighted by Crippen LogP contribution is 2.23. The van der Waals surface area contributed by atoms with E-state index in [4.69, 9.17) is 4.74 Å².